The van der Waals surface area contributed by atoms with E-state index in [1.807, 2.05) is 0 Å². The molecule has 2 atom stereocenters. The van der Waals surface area contributed by atoms with Gasteiger partial charge in [0.15, 0.2) is 0 Å². The first-order valence-electron chi connectivity index (χ1n) is 6.77. The summed E-state index contributed by atoms with van der Waals surface area (Å²) in [7, 11) is -3.41. The van der Waals surface area contributed by atoms with E-state index in [2.05, 4.69) is 0 Å². The van der Waals surface area contributed by atoms with Gasteiger partial charge in [-0.2, -0.15) is 4.31 Å². The van der Waals surface area contributed by atoms with Gasteiger partial charge in [-0.25, -0.2) is 12.8 Å². The summed E-state index contributed by atoms with van der Waals surface area (Å²) in [5.41, 5.74) is 0. The zero-order valence-electron chi connectivity index (χ0n) is 10.8. The summed E-state index contributed by atoms with van der Waals surface area (Å²) in [5, 5.41) is 0.665. The van der Waals surface area contributed by atoms with Crippen LogP contribution in [-0.4, -0.2) is 25.3 Å². The highest BCUT2D eigenvalue weighted by atomic mass is 32.2. The second-order valence-electron chi connectivity index (χ2n) is 5.57. The molecule has 2 unspecified atom stereocenters. The van der Waals surface area contributed by atoms with E-state index in [9.17, 15) is 12.8 Å². The molecule has 0 N–H and O–H groups in total. The van der Waals surface area contributed by atoms with Crippen LogP contribution in [0.15, 0.2) is 28.5 Å². The van der Waals surface area contributed by atoms with Crippen LogP contribution in [0.25, 0.3) is 10.1 Å². The van der Waals surface area contributed by atoms with Crippen molar-refractivity contribution in [1.82, 2.24) is 4.31 Å². The second kappa shape index (κ2) is 4.26. The van der Waals surface area contributed by atoms with Gasteiger partial charge in [-0.3, -0.25) is 0 Å². The maximum atomic E-state index is 13.2. The topological polar surface area (TPSA) is 37.4 Å². The minimum absolute atomic E-state index is 0.204. The zero-order valence-corrected chi connectivity index (χ0v) is 12.4. The molecule has 20 heavy (non-hydrogen) atoms. The summed E-state index contributed by atoms with van der Waals surface area (Å²) in [6.45, 7) is 0.617. The highest BCUT2D eigenvalue weighted by molar-refractivity contribution is 7.91. The van der Waals surface area contributed by atoms with Gasteiger partial charge in [0.25, 0.3) is 10.0 Å². The highest BCUT2D eigenvalue weighted by Gasteiger charge is 2.49. The van der Waals surface area contributed by atoms with Crippen LogP contribution in [0.4, 0.5) is 4.39 Å². The van der Waals surface area contributed by atoms with Crippen molar-refractivity contribution >= 4 is 31.4 Å². The van der Waals surface area contributed by atoms with E-state index in [1.54, 1.807) is 16.4 Å². The Bertz CT molecular complexity index is 784. The minimum atomic E-state index is -3.41. The molecule has 3 nitrogen and oxygen atoms in total. The summed E-state index contributed by atoms with van der Waals surface area (Å²) in [6, 6.07) is 6.21. The molecular formula is C14H14FNO2S2. The van der Waals surface area contributed by atoms with Crippen LogP contribution < -0.4 is 0 Å². The third-order valence-electron chi connectivity index (χ3n) is 4.23. The number of benzene rings is 1. The number of hydrogen-bond donors (Lipinski definition) is 0. The molecule has 0 amide bonds. The van der Waals surface area contributed by atoms with Gasteiger partial charge in [0, 0.05) is 17.3 Å². The molecule has 1 aromatic carbocycles. The quantitative estimate of drug-likeness (QED) is 0.854. The summed E-state index contributed by atoms with van der Waals surface area (Å²) in [5.74, 6) is 0.227. The van der Waals surface area contributed by atoms with Gasteiger partial charge >= 0.3 is 0 Å². The first-order valence-corrected chi connectivity index (χ1v) is 9.02. The van der Waals surface area contributed by atoms with Crippen LogP contribution in [0.2, 0.25) is 0 Å². The van der Waals surface area contributed by atoms with Crippen LogP contribution in [-0.2, 0) is 10.0 Å². The van der Waals surface area contributed by atoms with Gasteiger partial charge in [-0.05, 0) is 54.8 Å². The van der Waals surface area contributed by atoms with Crippen molar-refractivity contribution < 1.29 is 12.8 Å². The number of hydrogen-bond acceptors (Lipinski definition) is 3. The average molecular weight is 311 g/mol. The molecule has 2 fully saturated rings. The number of piperidine rings is 1. The maximum absolute atomic E-state index is 13.2. The fourth-order valence-corrected chi connectivity index (χ4v) is 6.34. The van der Waals surface area contributed by atoms with E-state index in [0.717, 1.165) is 24.0 Å². The molecule has 1 aliphatic carbocycles. The molecule has 1 saturated carbocycles. The Balaban J connectivity index is 1.77. The molecule has 1 saturated heterocycles. The van der Waals surface area contributed by atoms with Crippen molar-refractivity contribution in [2.75, 3.05) is 6.54 Å². The lowest BCUT2D eigenvalue weighted by Crippen LogP contribution is -2.36. The van der Waals surface area contributed by atoms with Crippen molar-refractivity contribution in [3.05, 3.63) is 30.1 Å². The predicted molar refractivity (Wildman–Crippen MR) is 76.8 cm³/mol. The third-order valence-corrected chi connectivity index (χ3v) is 7.72. The smallest absolute Gasteiger partial charge is 0.207 e. The average Bonchev–Trinajstić information content (AvgIpc) is 3.08. The lowest BCUT2D eigenvalue weighted by Gasteiger charge is -2.25. The molecule has 4 rings (SSSR count). The minimum Gasteiger partial charge on any atom is -0.207 e. The molecule has 1 aliphatic heterocycles. The van der Waals surface area contributed by atoms with Crippen molar-refractivity contribution in [3.8, 4) is 0 Å². The first-order chi connectivity index (χ1) is 9.55. The van der Waals surface area contributed by atoms with E-state index in [0.29, 0.717) is 22.1 Å². The molecule has 2 aliphatic rings. The van der Waals surface area contributed by atoms with Crippen molar-refractivity contribution in [3.63, 3.8) is 0 Å². The van der Waals surface area contributed by atoms with Crippen LogP contribution in [0.1, 0.15) is 19.3 Å². The van der Waals surface area contributed by atoms with Crippen LogP contribution in [0.3, 0.4) is 0 Å². The number of fused-ring (bicyclic) bond motifs is 2. The van der Waals surface area contributed by atoms with Gasteiger partial charge in [0.05, 0.1) is 0 Å². The molecule has 2 aromatic rings. The third kappa shape index (κ3) is 1.89. The van der Waals surface area contributed by atoms with Gasteiger partial charge in [-0.15, -0.1) is 11.3 Å². The van der Waals surface area contributed by atoms with E-state index < -0.39 is 10.0 Å². The number of sulfonamides is 1. The van der Waals surface area contributed by atoms with Crippen molar-refractivity contribution in [1.29, 1.82) is 0 Å². The highest BCUT2D eigenvalue weighted by Crippen LogP contribution is 2.46. The Hall–Kier alpha value is -0.980. The number of thiophene rings is 1. The molecule has 106 valence electrons. The van der Waals surface area contributed by atoms with E-state index in [1.165, 1.54) is 23.5 Å². The van der Waals surface area contributed by atoms with Gasteiger partial charge in [0.2, 0.25) is 0 Å². The molecule has 0 spiro atoms. The van der Waals surface area contributed by atoms with Crippen LogP contribution in [0, 0.1) is 11.7 Å². The van der Waals surface area contributed by atoms with E-state index in [-0.39, 0.29) is 11.9 Å². The van der Waals surface area contributed by atoms with Crippen LogP contribution >= 0.6 is 11.3 Å². The molecule has 1 aromatic heterocycles. The molecule has 0 bridgehead atoms. The normalized spacial score (nSPS) is 26.6. The Labute approximate surface area is 121 Å². The Kier molecular flexibility index (Phi) is 2.71. The SMILES string of the molecule is O=S(=O)(c1cc2cc(F)ccc2s1)N1CCCC2CC21. The second-order valence-corrected chi connectivity index (χ2v) is 8.77. The summed E-state index contributed by atoms with van der Waals surface area (Å²) in [4.78, 5) is 0. The Morgan fingerprint density at radius 1 is 1.30 bits per heavy atom. The lowest BCUT2D eigenvalue weighted by molar-refractivity contribution is 0.335. The monoisotopic (exact) mass is 311 g/mol. The molecule has 6 heteroatoms. The predicted octanol–water partition coefficient (Wildman–Crippen LogP) is 3.21. The van der Waals surface area contributed by atoms with Crippen molar-refractivity contribution in [2.24, 2.45) is 5.92 Å². The Morgan fingerprint density at radius 3 is 3.00 bits per heavy atom. The number of nitrogens with zero attached hydrogens (tertiary/aromatic N) is 1. The van der Waals surface area contributed by atoms with Crippen LogP contribution in [0.5, 0.6) is 0 Å². The van der Waals surface area contributed by atoms with Gasteiger partial charge in [-0.1, -0.05) is 0 Å². The van der Waals surface area contributed by atoms with Gasteiger partial charge in [0.1, 0.15) is 10.0 Å². The zero-order chi connectivity index (χ0) is 13.9. The summed E-state index contributed by atoms with van der Waals surface area (Å²) >= 11 is 1.23. The largest absolute Gasteiger partial charge is 0.252 e. The lowest BCUT2D eigenvalue weighted by atomic mass is 10.2. The van der Waals surface area contributed by atoms with Crippen molar-refractivity contribution in [2.45, 2.75) is 29.5 Å². The number of halogens is 1. The molecule has 0 radical (unpaired) electrons. The standard InChI is InChI=1S/C14H14FNO2S2/c15-11-3-4-13-10(6-11)8-14(19-13)20(17,18)16-5-1-2-9-7-12(9)16/h3-4,6,8-9,12H,1-2,5,7H2. The molecular weight excluding hydrogens is 297 g/mol. The van der Waals surface area contributed by atoms with E-state index >= 15 is 0 Å². The first kappa shape index (κ1) is 12.7. The number of rotatable bonds is 2. The fourth-order valence-electron chi connectivity index (χ4n) is 3.10. The fraction of sp³-hybridized carbons (Fsp3) is 0.429. The Morgan fingerprint density at radius 2 is 2.15 bits per heavy atom. The summed E-state index contributed by atoms with van der Waals surface area (Å²) < 4.78 is 41.5. The maximum Gasteiger partial charge on any atom is 0.252 e. The molecule has 2 heterocycles. The summed E-state index contributed by atoms with van der Waals surface area (Å²) in [6.07, 6.45) is 3.09. The van der Waals surface area contributed by atoms with E-state index in [4.69, 9.17) is 0 Å². The van der Waals surface area contributed by atoms with Gasteiger partial charge < -0.3 is 0 Å².